The number of carbonyl (C=O) groups excluding carboxylic acids is 2. The predicted molar refractivity (Wildman–Crippen MR) is 97.8 cm³/mol. The fourth-order valence-corrected chi connectivity index (χ4v) is 3.67. The number of carbonyl (C=O) groups is 2. The molecule has 0 radical (unpaired) electrons. The van der Waals surface area contributed by atoms with E-state index in [0.717, 1.165) is 25.0 Å². The first-order chi connectivity index (χ1) is 12.5. The zero-order valence-corrected chi connectivity index (χ0v) is 15.2. The molecule has 2 heterocycles. The number of Topliss-reactive ketones (excluding diaryl/α,β-unsaturated/α-hetero) is 1. The molecule has 0 saturated heterocycles. The number of aromatic nitrogens is 1. The average molecular weight is 375 g/mol. The second kappa shape index (κ2) is 6.68. The second-order valence-electron chi connectivity index (χ2n) is 6.54. The lowest BCUT2D eigenvalue weighted by molar-refractivity contribution is 0.0971. The second-order valence-corrected chi connectivity index (χ2v) is 6.95. The number of H-pyrrole nitrogens is 1. The molecule has 2 aromatic rings. The lowest BCUT2D eigenvalue weighted by Crippen LogP contribution is -2.14. The van der Waals surface area contributed by atoms with Gasteiger partial charge in [0, 0.05) is 36.2 Å². The summed E-state index contributed by atoms with van der Waals surface area (Å²) in [4.78, 5) is 28.0. The third kappa shape index (κ3) is 2.94. The van der Waals surface area contributed by atoms with E-state index in [9.17, 15) is 9.59 Å². The minimum absolute atomic E-state index is 0.0904. The predicted octanol–water partition coefficient (Wildman–Crippen LogP) is 3.91. The zero-order chi connectivity index (χ0) is 18.3. The molecule has 6 nitrogen and oxygen atoms in total. The van der Waals surface area contributed by atoms with Gasteiger partial charge >= 0.3 is 0 Å². The smallest absolute Gasteiger partial charge is 0.272 e. The van der Waals surface area contributed by atoms with Crippen molar-refractivity contribution in [1.29, 1.82) is 0 Å². The summed E-state index contributed by atoms with van der Waals surface area (Å²) >= 11 is 6.30. The molecule has 7 heteroatoms. The van der Waals surface area contributed by atoms with Crippen molar-refractivity contribution in [3.05, 3.63) is 39.7 Å². The van der Waals surface area contributed by atoms with E-state index in [1.54, 1.807) is 19.1 Å². The van der Waals surface area contributed by atoms with Crippen molar-refractivity contribution in [3.8, 4) is 11.5 Å². The number of ether oxygens (including phenoxy) is 2. The molecule has 0 atom stereocenters. The highest BCUT2D eigenvalue weighted by atomic mass is 35.5. The number of anilines is 1. The van der Waals surface area contributed by atoms with Gasteiger partial charge in [-0.05, 0) is 25.3 Å². The Morgan fingerprint density at radius 1 is 1.15 bits per heavy atom. The molecule has 136 valence electrons. The van der Waals surface area contributed by atoms with E-state index in [2.05, 4.69) is 10.3 Å². The van der Waals surface area contributed by atoms with Crippen molar-refractivity contribution in [2.75, 3.05) is 18.5 Å². The van der Waals surface area contributed by atoms with E-state index in [-0.39, 0.29) is 11.7 Å². The fourth-order valence-electron chi connectivity index (χ4n) is 3.47. The monoisotopic (exact) mass is 374 g/mol. The molecule has 26 heavy (non-hydrogen) atoms. The Morgan fingerprint density at radius 2 is 1.88 bits per heavy atom. The van der Waals surface area contributed by atoms with Crippen molar-refractivity contribution >= 4 is 29.0 Å². The van der Waals surface area contributed by atoms with E-state index in [4.69, 9.17) is 21.1 Å². The van der Waals surface area contributed by atoms with Gasteiger partial charge in [0.05, 0.1) is 23.9 Å². The molecule has 1 aromatic heterocycles. The summed E-state index contributed by atoms with van der Waals surface area (Å²) < 4.78 is 11.2. The summed E-state index contributed by atoms with van der Waals surface area (Å²) in [5, 5.41) is 3.18. The summed E-state index contributed by atoms with van der Waals surface area (Å²) in [6.07, 6.45) is 2.90. The van der Waals surface area contributed by atoms with Crippen LogP contribution in [0.25, 0.3) is 0 Å². The maximum Gasteiger partial charge on any atom is 0.272 e. The first kappa shape index (κ1) is 17.0. The van der Waals surface area contributed by atoms with Gasteiger partial charge in [0.1, 0.15) is 5.69 Å². The van der Waals surface area contributed by atoms with Gasteiger partial charge in [-0.1, -0.05) is 11.6 Å². The Hall–Kier alpha value is -2.47. The van der Waals surface area contributed by atoms with Crippen LogP contribution in [0, 0.1) is 6.92 Å². The Balaban J connectivity index is 1.63. The van der Waals surface area contributed by atoms with Gasteiger partial charge in [0.15, 0.2) is 17.3 Å². The van der Waals surface area contributed by atoms with E-state index in [0.29, 0.717) is 58.7 Å². The van der Waals surface area contributed by atoms with Gasteiger partial charge in [-0.3, -0.25) is 9.59 Å². The van der Waals surface area contributed by atoms with Gasteiger partial charge in [-0.2, -0.15) is 0 Å². The van der Waals surface area contributed by atoms with Gasteiger partial charge in [-0.25, -0.2) is 0 Å². The Labute approximate surface area is 155 Å². The molecule has 4 rings (SSSR count). The van der Waals surface area contributed by atoms with Crippen LogP contribution in [0.4, 0.5) is 5.69 Å². The minimum atomic E-state index is -0.332. The number of hydrogen-bond donors (Lipinski definition) is 2. The Kier molecular flexibility index (Phi) is 4.36. The molecule has 1 aliphatic heterocycles. The van der Waals surface area contributed by atoms with Crippen LogP contribution in [-0.2, 0) is 6.42 Å². The summed E-state index contributed by atoms with van der Waals surface area (Å²) in [6.45, 7) is 2.91. The fraction of sp³-hybridized carbons (Fsp3) is 0.368. The van der Waals surface area contributed by atoms with Crippen LogP contribution in [0.5, 0.6) is 11.5 Å². The van der Waals surface area contributed by atoms with Crippen LogP contribution in [0.3, 0.4) is 0 Å². The normalized spacial score (nSPS) is 16.0. The van der Waals surface area contributed by atoms with Gasteiger partial charge < -0.3 is 19.8 Å². The number of nitrogens with one attached hydrogen (secondary N) is 2. The van der Waals surface area contributed by atoms with Gasteiger partial charge in [0.2, 0.25) is 0 Å². The largest absolute Gasteiger partial charge is 0.490 e. The quantitative estimate of drug-likeness (QED) is 0.835. The topological polar surface area (TPSA) is 80.4 Å². The number of hydrogen-bond acceptors (Lipinski definition) is 4. The number of halogens is 1. The van der Waals surface area contributed by atoms with Crippen LogP contribution >= 0.6 is 11.6 Å². The number of aromatic amines is 1. The first-order valence-electron chi connectivity index (χ1n) is 8.69. The molecule has 1 amide bonds. The van der Waals surface area contributed by atoms with E-state index in [1.165, 1.54) is 0 Å². The average Bonchev–Trinajstić information content (AvgIpc) is 2.80. The number of benzene rings is 1. The van der Waals surface area contributed by atoms with Crippen LogP contribution < -0.4 is 14.8 Å². The molecule has 2 N–H and O–H groups in total. The van der Waals surface area contributed by atoms with Crippen molar-refractivity contribution in [2.45, 2.75) is 32.6 Å². The van der Waals surface area contributed by atoms with Gasteiger partial charge in [0.25, 0.3) is 5.91 Å². The molecule has 0 bridgehead atoms. The minimum Gasteiger partial charge on any atom is -0.490 e. The molecular formula is C19H19ClN2O4. The maximum absolute atomic E-state index is 12.8. The van der Waals surface area contributed by atoms with Crippen molar-refractivity contribution in [2.24, 2.45) is 0 Å². The van der Waals surface area contributed by atoms with Crippen molar-refractivity contribution in [3.63, 3.8) is 0 Å². The lowest BCUT2D eigenvalue weighted by atomic mass is 9.94. The Morgan fingerprint density at radius 3 is 2.62 bits per heavy atom. The maximum atomic E-state index is 12.8. The number of fused-ring (bicyclic) bond motifs is 2. The molecule has 0 unspecified atom stereocenters. The number of aryl methyl sites for hydroxylation is 1. The highest BCUT2D eigenvalue weighted by Crippen LogP contribution is 2.38. The van der Waals surface area contributed by atoms with Crippen LogP contribution in [0.15, 0.2) is 12.1 Å². The highest BCUT2D eigenvalue weighted by Gasteiger charge is 2.27. The molecule has 1 aromatic carbocycles. The standard InChI is InChI=1S/C19H19ClN2O4/c1-10-17-12(4-2-5-14(17)23)21-18(10)19(24)22-13-9-16-15(8-11(13)20)25-6-3-7-26-16/h8-9,21H,2-7H2,1H3,(H,22,24). The first-order valence-corrected chi connectivity index (χ1v) is 9.07. The molecule has 0 saturated carbocycles. The molecule has 0 spiro atoms. The molecule has 0 fully saturated rings. The lowest BCUT2D eigenvalue weighted by Gasteiger charge is -2.12. The third-order valence-corrected chi connectivity index (χ3v) is 5.06. The Bertz CT molecular complexity index is 903. The van der Waals surface area contributed by atoms with Crippen LogP contribution in [0.2, 0.25) is 5.02 Å². The van der Waals surface area contributed by atoms with E-state index < -0.39 is 0 Å². The van der Waals surface area contributed by atoms with Crippen molar-refractivity contribution < 1.29 is 19.1 Å². The van der Waals surface area contributed by atoms with Crippen LogP contribution in [-0.4, -0.2) is 29.9 Å². The summed E-state index contributed by atoms with van der Waals surface area (Å²) in [7, 11) is 0. The number of rotatable bonds is 2. The van der Waals surface area contributed by atoms with Gasteiger partial charge in [-0.15, -0.1) is 0 Å². The summed E-state index contributed by atoms with van der Waals surface area (Å²) in [6, 6.07) is 3.32. The number of amides is 1. The highest BCUT2D eigenvalue weighted by molar-refractivity contribution is 6.34. The molecular weight excluding hydrogens is 356 g/mol. The van der Waals surface area contributed by atoms with E-state index >= 15 is 0 Å². The SMILES string of the molecule is Cc1c(C(=O)Nc2cc3c(cc2Cl)OCCCO3)[nH]c2c1C(=O)CCC2. The van der Waals surface area contributed by atoms with E-state index in [1.807, 2.05) is 0 Å². The zero-order valence-electron chi connectivity index (χ0n) is 14.4. The molecule has 2 aliphatic rings. The third-order valence-electron chi connectivity index (χ3n) is 4.75. The summed E-state index contributed by atoms with van der Waals surface area (Å²) in [5.74, 6) is 0.885. The number of ketones is 1. The molecule has 1 aliphatic carbocycles. The summed E-state index contributed by atoms with van der Waals surface area (Å²) in [5.41, 5.74) is 3.03. The van der Waals surface area contributed by atoms with Crippen molar-refractivity contribution in [1.82, 2.24) is 4.98 Å². The van der Waals surface area contributed by atoms with Crippen LogP contribution in [0.1, 0.15) is 51.4 Å².